The van der Waals surface area contributed by atoms with Gasteiger partial charge in [-0.3, -0.25) is 9.59 Å². The lowest BCUT2D eigenvalue weighted by Crippen LogP contribution is -2.16. The summed E-state index contributed by atoms with van der Waals surface area (Å²) in [5.74, 6) is -1.12. The molecule has 0 amide bonds. The number of hydrogen-bond donors (Lipinski definition) is 0. The van der Waals surface area contributed by atoms with Crippen molar-refractivity contribution in [3.8, 4) is 5.75 Å². The van der Waals surface area contributed by atoms with Crippen LogP contribution in [0.1, 0.15) is 19.4 Å². The minimum Gasteiger partial charge on any atom is -0.778 e. The fourth-order valence-electron chi connectivity index (χ4n) is 1.33. The van der Waals surface area contributed by atoms with E-state index in [4.69, 9.17) is 9.26 Å². The van der Waals surface area contributed by atoms with Crippen molar-refractivity contribution in [2.45, 2.75) is 20.5 Å². The lowest BCUT2D eigenvalue weighted by atomic mass is 10.2. The van der Waals surface area contributed by atoms with Gasteiger partial charge in [0.05, 0.1) is 19.6 Å². The van der Waals surface area contributed by atoms with E-state index in [9.17, 15) is 19.0 Å². The molecule has 1 atom stereocenters. The van der Waals surface area contributed by atoms with E-state index in [1.54, 1.807) is 26.0 Å². The van der Waals surface area contributed by atoms with Crippen molar-refractivity contribution in [1.82, 2.24) is 0 Å². The zero-order valence-corrected chi connectivity index (χ0v) is 13.5. The maximum atomic E-state index is 11.5. The Labute approximate surface area is 128 Å². The van der Waals surface area contributed by atoms with Gasteiger partial charge in [0.2, 0.25) is 0 Å². The molecule has 1 rings (SSSR count). The second-order valence-corrected chi connectivity index (χ2v) is 6.63. The average molecular weight is 329 g/mol. The summed E-state index contributed by atoms with van der Waals surface area (Å²) in [5.41, 5.74) is 0.560. The van der Waals surface area contributed by atoms with E-state index in [2.05, 4.69) is 4.74 Å². The average Bonchev–Trinajstić information content (AvgIpc) is 2.46. The minimum absolute atomic E-state index is 0.212. The van der Waals surface area contributed by atoms with Crippen LogP contribution < -0.4 is 9.63 Å². The van der Waals surface area contributed by atoms with Crippen molar-refractivity contribution in [2.24, 2.45) is 5.92 Å². The SMILES string of the molecule is COC(=O)CP(=O)([O-])OCc1ccc(OC(=O)C(C)C)cc1. The van der Waals surface area contributed by atoms with Gasteiger partial charge in [0.1, 0.15) is 19.5 Å². The summed E-state index contributed by atoms with van der Waals surface area (Å²) in [6.07, 6.45) is -0.812. The van der Waals surface area contributed by atoms with E-state index < -0.39 is 19.7 Å². The molecule has 0 radical (unpaired) electrons. The van der Waals surface area contributed by atoms with Crippen LogP contribution in [0.3, 0.4) is 0 Å². The van der Waals surface area contributed by atoms with E-state index in [0.717, 1.165) is 7.11 Å². The maximum absolute atomic E-state index is 11.5. The molecular formula is C14H18O7P-. The Morgan fingerprint density at radius 1 is 1.23 bits per heavy atom. The smallest absolute Gasteiger partial charge is 0.314 e. The topological polar surface area (TPSA) is 102 Å². The number of esters is 2. The second-order valence-electron chi connectivity index (χ2n) is 4.84. The summed E-state index contributed by atoms with van der Waals surface area (Å²) >= 11 is 0. The van der Waals surface area contributed by atoms with Crippen LogP contribution in [-0.4, -0.2) is 25.2 Å². The quantitative estimate of drug-likeness (QED) is 0.424. The molecule has 8 heteroatoms. The molecule has 0 aromatic heterocycles. The summed E-state index contributed by atoms with van der Waals surface area (Å²) < 4.78 is 25.6. The third-order valence-electron chi connectivity index (χ3n) is 2.59. The van der Waals surface area contributed by atoms with Gasteiger partial charge in [-0.2, -0.15) is 0 Å². The van der Waals surface area contributed by atoms with E-state index in [0.29, 0.717) is 11.3 Å². The molecular weight excluding hydrogens is 311 g/mol. The molecule has 0 bridgehead atoms. The highest BCUT2D eigenvalue weighted by Gasteiger charge is 2.15. The van der Waals surface area contributed by atoms with Crippen LogP contribution in [0.15, 0.2) is 24.3 Å². The number of carbonyl (C=O) groups excluding carboxylic acids is 2. The molecule has 1 unspecified atom stereocenters. The van der Waals surface area contributed by atoms with Gasteiger partial charge in [0, 0.05) is 0 Å². The van der Waals surface area contributed by atoms with Crippen molar-refractivity contribution in [3.63, 3.8) is 0 Å². The van der Waals surface area contributed by atoms with Crippen molar-refractivity contribution in [1.29, 1.82) is 0 Å². The first-order chi connectivity index (χ1) is 10.2. The summed E-state index contributed by atoms with van der Waals surface area (Å²) in [4.78, 5) is 33.8. The zero-order chi connectivity index (χ0) is 16.8. The summed E-state index contributed by atoms with van der Waals surface area (Å²) in [7, 11) is -3.19. The van der Waals surface area contributed by atoms with Crippen LogP contribution in [0.25, 0.3) is 0 Å². The molecule has 0 N–H and O–H groups in total. The van der Waals surface area contributed by atoms with Crippen molar-refractivity contribution in [2.75, 3.05) is 13.3 Å². The van der Waals surface area contributed by atoms with E-state index in [1.807, 2.05) is 0 Å². The maximum Gasteiger partial charge on any atom is 0.314 e. The molecule has 0 aliphatic rings. The largest absolute Gasteiger partial charge is 0.778 e. The summed E-state index contributed by atoms with van der Waals surface area (Å²) in [5, 5.41) is 0. The second kappa shape index (κ2) is 8.08. The minimum atomic E-state index is -4.29. The highest BCUT2D eigenvalue weighted by atomic mass is 31.2. The van der Waals surface area contributed by atoms with Gasteiger partial charge < -0.3 is 23.5 Å². The number of ether oxygens (including phenoxy) is 2. The third-order valence-corrected chi connectivity index (χ3v) is 3.76. The Morgan fingerprint density at radius 3 is 2.32 bits per heavy atom. The van der Waals surface area contributed by atoms with Crippen LogP contribution >= 0.6 is 7.60 Å². The van der Waals surface area contributed by atoms with E-state index in [-0.39, 0.29) is 18.5 Å². The Hall–Kier alpha value is -1.69. The van der Waals surface area contributed by atoms with Gasteiger partial charge in [-0.25, -0.2) is 0 Å². The number of benzene rings is 1. The molecule has 0 saturated carbocycles. The van der Waals surface area contributed by atoms with Gasteiger partial charge in [0.25, 0.3) is 0 Å². The third kappa shape index (κ3) is 6.39. The van der Waals surface area contributed by atoms with Crippen molar-refractivity contribution < 1.29 is 33.0 Å². The Bertz CT molecular complexity index is 565. The monoisotopic (exact) mass is 329 g/mol. The summed E-state index contributed by atoms with van der Waals surface area (Å²) in [6.45, 7) is 3.23. The van der Waals surface area contributed by atoms with Crippen LogP contribution in [0.5, 0.6) is 5.75 Å². The Balaban J connectivity index is 2.56. The highest BCUT2D eigenvalue weighted by molar-refractivity contribution is 7.52. The molecule has 0 spiro atoms. The Morgan fingerprint density at radius 2 is 1.82 bits per heavy atom. The number of rotatable bonds is 7. The van der Waals surface area contributed by atoms with Crippen LogP contribution in [0, 0.1) is 5.92 Å². The van der Waals surface area contributed by atoms with Gasteiger partial charge in [-0.1, -0.05) is 26.0 Å². The normalized spacial score (nSPS) is 13.5. The van der Waals surface area contributed by atoms with Crippen LogP contribution in [-0.2, 0) is 30.0 Å². The van der Waals surface area contributed by atoms with Gasteiger partial charge in [-0.15, -0.1) is 0 Å². The molecule has 0 saturated heterocycles. The molecule has 0 heterocycles. The standard InChI is InChI=1S/C14H19O7P/c1-10(2)14(16)21-12-6-4-11(5-7-12)8-20-22(17,18)9-13(15)19-3/h4-7,10H,8-9H2,1-3H3,(H,17,18)/p-1. The molecule has 0 fully saturated rings. The van der Waals surface area contributed by atoms with E-state index >= 15 is 0 Å². The highest BCUT2D eigenvalue weighted by Crippen LogP contribution is 2.37. The lowest BCUT2D eigenvalue weighted by Gasteiger charge is -2.21. The predicted octanol–water partition coefficient (Wildman–Crippen LogP) is 1.49. The first kappa shape index (κ1) is 18.4. The van der Waals surface area contributed by atoms with Crippen molar-refractivity contribution in [3.05, 3.63) is 29.8 Å². The zero-order valence-electron chi connectivity index (χ0n) is 12.6. The van der Waals surface area contributed by atoms with Crippen molar-refractivity contribution >= 4 is 19.5 Å². The van der Waals surface area contributed by atoms with Gasteiger partial charge in [0.15, 0.2) is 0 Å². The first-order valence-corrected chi connectivity index (χ1v) is 8.28. The molecule has 0 aliphatic heterocycles. The van der Waals surface area contributed by atoms with E-state index in [1.165, 1.54) is 12.1 Å². The molecule has 22 heavy (non-hydrogen) atoms. The molecule has 1 aromatic rings. The molecule has 7 nitrogen and oxygen atoms in total. The van der Waals surface area contributed by atoms with Crippen LogP contribution in [0.4, 0.5) is 0 Å². The predicted molar refractivity (Wildman–Crippen MR) is 76.2 cm³/mol. The number of hydrogen-bond acceptors (Lipinski definition) is 7. The summed E-state index contributed by atoms with van der Waals surface area (Å²) in [6, 6.07) is 6.21. The first-order valence-electron chi connectivity index (χ1n) is 6.55. The fraction of sp³-hybridized carbons (Fsp3) is 0.429. The molecule has 1 aromatic carbocycles. The molecule has 0 aliphatic carbocycles. The molecule has 122 valence electrons. The van der Waals surface area contributed by atoms with Crippen LogP contribution in [0.2, 0.25) is 0 Å². The van der Waals surface area contributed by atoms with Gasteiger partial charge >= 0.3 is 11.9 Å². The number of methoxy groups -OCH3 is 1. The van der Waals surface area contributed by atoms with Gasteiger partial charge in [-0.05, 0) is 17.7 Å². The fourth-order valence-corrected chi connectivity index (χ4v) is 2.21. The lowest BCUT2D eigenvalue weighted by molar-refractivity contribution is -0.200. The Kier molecular flexibility index (Phi) is 6.74. The number of carbonyl (C=O) groups is 2.